The molecule has 0 unspecified atom stereocenters. The van der Waals surface area contributed by atoms with Crippen LogP contribution in [0.1, 0.15) is 79.0 Å². The van der Waals surface area contributed by atoms with Gasteiger partial charge in [-0.1, -0.05) is 104 Å². The molecule has 36 heavy (non-hydrogen) atoms. The van der Waals surface area contributed by atoms with Gasteiger partial charge in [0.1, 0.15) is 0 Å². The van der Waals surface area contributed by atoms with Crippen molar-refractivity contribution >= 4 is 61.7 Å². The highest BCUT2D eigenvalue weighted by molar-refractivity contribution is 7.17. The second kappa shape index (κ2) is 9.39. The Morgan fingerprint density at radius 1 is 0.611 bits per heavy atom. The third kappa shape index (κ3) is 5.32. The van der Waals surface area contributed by atoms with Gasteiger partial charge in [0, 0.05) is 21.2 Å². The Bertz CT molecular complexity index is 1390. The Hall–Kier alpha value is -2.00. The number of anilines is 3. The van der Waals surface area contributed by atoms with Crippen molar-refractivity contribution in [3.63, 3.8) is 0 Å². The smallest absolute Gasteiger partial charge is 0.0833 e. The normalized spacial score (nSPS) is 12.9. The Morgan fingerprint density at radius 2 is 1.17 bits per heavy atom. The van der Waals surface area contributed by atoms with E-state index in [2.05, 4.69) is 121 Å². The summed E-state index contributed by atoms with van der Waals surface area (Å²) in [5.41, 5.74) is 6.90. The van der Waals surface area contributed by atoms with Crippen LogP contribution in [0.15, 0.2) is 60.0 Å². The molecular weight excluding hydrogens is 501 g/mol. The molecule has 0 amide bonds. The molecule has 4 aromatic rings. The van der Waals surface area contributed by atoms with E-state index in [1.165, 1.54) is 21.2 Å². The number of fused-ring (bicyclic) bond motifs is 1. The first kappa shape index (κ1) is 27.0. The first-order valence-corrected chi connectivity index (χ1v) is 14.1. The molecule has 0 bridgehead atoms. The lowest BCUT2D eigenvalue weighted by molar-refractivity contribution is 0.590. The zero-order chi connectivity index (χ0) is 26.6. The van der Waals surface area contributed by atoms with E-state index in [9.17, 15) is 0 Å². The number of rotatable bonds is 3. The van der Waals surface area contributed by atoms with E-state index >= 15 is 0 Å². The molecule has 0 saturated heterocycles. The van der Waals surface area contributed by atoms with Crippen LogP contribution in [0.3, 0.4) is 0 Å². The average Bonchev–Trinajstić information content (AvgIpc) is 3.18. The Morgan fingerprint density at radius 3 is 1.72 bits per heavy atom. The average molecular weight is 539 g/mol. The quantitative estimate of drug-likeness (QED) is 0.251. The van der Waals surface area contributed by atoms with E-state index < -0.39 is 0 Å². The van der Waals surface area contributed by atoms with Crippen LogP contribution >= 0.6 is 34.5 Å². The van der Waals surface area contributed by atoms with Crippen LogP contribution in [0.4, 0.5) is 17.1 Å². The summed E-state index contributed by atoms with van der Waals surface area (Å²) < 4.78 is 1.25. The highest BCUT2D eigenvalue weighted by Crippen LogP contribution is 2.48. The molecule has 0 aliphatic rings. The van der Waals surface area contributed by atoms with Crippen LogP contribution in [0.5, 0.6) is 0 Å². The van der Waals surface area contributed by atoms with Crippen molar-refractivity contribution in [1.29, 1.82) is 0 Å². The predicted molar refractivity (Wildman–Crippen MR) is 163 cm³/mol. The second-order valence-corrected chi connectivity index (χ2v) is 14.5. The fraction of sp³-hybridized carbons (Fsp3) is 0.375. The molecule has 3 aromatic carbocycles. The first-order chi connectivity index (χ1) is 16.6. The van der Waals surface area contributed by atoms with Crippen LogP contribution in [0.2, 0.25) is 10.0 Å². The second-order valence-electron chi connectivity index (χ2n) is 12.8. The molecule has 1 heterocycles. The van der Waals surface area contributed by atoms with Gasteiger partial charge in [-0.05, 0) is 69.3 Å². The lowest BCUT2D eigenvalue weighted by Gasteiger charge is -2.30. The molecule has 0 aliphatic heterocycles. The van der Waals surface area contributed by atoms with Gasteiger partial charge < -0.3 is 4.90 Å². The largest absolute Gasteiger partial charge is 0.307 e. The van der Waals surface area contributed by atoms with Crippen molar-refractivity contribution in [2.75, 3.05) is 4.90 Å². The molecular formula is C32H37Cl2NS. The number of hydrogen-bond acceptors (Lipinski definition) is 2. The summed E-state index contributed by atoms with van der Waals surface area (Å²) in [5.74, 6) is 0. The van der Waals surface area contributed by atoms with Crippen LogP contribution in [-0.2, 0) is 16.2 Å². The minimum Gasteiger partial charge on any atom is -0.307 e. The van der Waals surface area contributed by atoms with E-state index in [4.69, 9.17) is 23.2 Å². The Balaban J connectivity index is 2.02. The van der Waals surface area contributed by atoms with Crippen LogP contribution in [0.25, 0.3) is 10.1 Å². The summed E-state index contributed by atoms with van der Waals surface area (Å²) in [6.45, 7) is 20.1. The van der Waals surface area contributed by atoms with Crippen molar-refractivity contribution in [2.45, 2.75) is 78.6 Å². The van der Waals surface area contributed by atoms with Crippen molar-refractivity contribution in [1.82, 2.24) is 0 Å². The highest BCUT2D eigenvalue weighted by Gasteiger charge is 2.25. The van der Waals surface area contributed by atoms with Gasteiger partial charge in [0.05, 0.1) is 21.4 Å². The topological polar surface area (TPSA) is 3.24 Å². The Kier molecular flexibility index (Phi) is 7.05. The number of halogens is 2. The maximum atomic E-state index is 6.97. The lowest BCUT2D eigenvalue weighted by atomic mass is 9.86. The van der Waals surface area contributed by atoms with Gasteiger partial charge in [0.2, 0.25) is 0 Å². The number of thiophene rings is 1. The molecule has 0 atom stereocenters. The maximum Gasteiger partial charge on any atom is 0.0833 e. The zero-order valence-corrected chi connectivity index (χ0v) is 25.2. The van der Waals surface area contributed by atoms with Gasteiger partial charge >= 0.3 is 0 Å². The van der Waals surface area contributed by atoms with Crippen LogP contribution in [-0.4, -0.2) is 0 Å². The molecule has 0 fully saturated rings. The molecule has 4 rings (SSSR count). The fourth-order valence-electron chi connectivity index (χ4n) is 4.34. The van der Waals surface area contributed by atoms with Crippen molar-refractivity contribution < 1.29 is 0 Å². The van der Waals surface area contributed by atoms with Crippen molar-refractivity contribution in [3.8, 4) is 0 Å². The molecule has 1 aromatic heterocycles. The monoisotopic (exact) mass is 537 g/mol. The summed E-state index contributed by atoms with van der Waals surface area (Å²) >= 11 is 15.5. The third-order valence-electron chi connectivity index (χ3n) is 6.77. The van der Waals surface area contributed by atoms with Crippen molar-refractivity contribution in [2.24, 2.45) is 0 Å². The van der Waals surface area contributed by atoms with Crippen molar-refractivity contribution in [3.05, 3.63) is 86.7 Å². The van der Waals surface area contributed by atoms with E-state index in [0.717, 1.165) is 22.6 Å². The molecule has 0 N–H and O–H groups in total. The Labute approximate surface area is 231 Å². The van der Waals surface area contributed by atoms with Crippen LogP contribution < -0.4 is 4.90 Å². The standard InChI is InChI=1S/C32H37Cl2NS/c1-30(2,3)20-10-13-23(14-11-20)35(26-18-22(32(7,8)9)17-25(33)29(26)34)27-19-36-28-15-12-21(16-24(27)28)31(4,5)6/h10-19H,1-9H3. The molecule has 0 aliphatic carbocycles. The number of hydrogen-bond donors (Lipinski definition) is 0. The maximum absolute atomic E-state index is 6.97. The van der Waals surface area contributed by atoms with Gasteiger partial charge in [-0.25, -0.2) is 0 Å². The molecule has 190 valence electrons. The van der Waals surface area contributed by atoms with E-state index in [1.807, 2.05) is 6.07 Å². The molecule has 1 nitrogen and oxygen atoms in total. The van der Waals surface area contributed by atoms with E-state index in [-0.39, 0.29) is 16.2 Å². The third-order valence-corrected chi connectivity index (χ3v) is 8.51. The minimum atomic E-state index is -0.0686. The minimum absolute atomic E-state index is 0.0552. The summed E-state index contributed by atoms with van der Waals surface area (Å²) in [6.07, 6.45) is 0. The molecule has 0 radical (unpaired) electrons. The zero-order valence-electron chi connectivity index (χ0n) is 22.9. The number of benzene rings is 3. The van der Waals surface area contributed by atoms with Gasteiger partial charge in [0.15, 0.2) is 0 Å². The van der Waals surface area contributed by atoms with Gasteiger partial charge in [-0.3, -0.25) is 0 Å². The summed E-state index contributed by atoms with van der Waals surface area (Å²) in [5, 5.41) is 4.60. The van der Waals surface area contributed by atoms with Gasteiger partial charge in [-0.2, -0.15) is 0 Å². The lowest BCUT2D eigenvalue weighted by Crippen LogP contribution is -2.16. The number of nitrogens with zero attached hydrogens (tertiary/aromatic N) is 1. The van der Waals surface area contributed by atoms with E-state index in [1.54, 1.807) is 11.3 Å². The first-order valence-electron chi connectivity index (χ1n) is 12.5. The highest BCUT2D eigenvalue weighted by atomic mass is 35.5. The summed E-state index contributed by atoms with van der Waals surface area (Å²) in [6, 6.07) is 19.9. The SMILES string of the molecule is CC(C)(C)c1ccc(N(c2cc(C(C)(C)C)cc(Cl)c2Cl)c2csc3ccc(C(C)(C)C)cc23)cc1. The molecule has 0 spiro atoms. The molecule has 0 saturated carbocycles. The van der Waals surface area contributed by atoms with Crippen LogP contribution in [0, 0.1) is 0 Å². The van der Waals surface area contributed by atoms with Gasteiger partial charge in [-0.15, -0.1) is 11.3 Å². The van der Waals surface area contributed by atoms with E-state index in [0.29, 0.717) is 10.0 Å². The predicted octanol–water partition coefficient (Wildman–Crippen LogP) is 11.6. The summed E-state index contributed by atoms with van der Waals surface area (Å²) in [7, 11) is 0. The summed E-state index contributed by atoms with van der Waals surface area (Å²) in [4.78, 5) is 2.28. The fourth-order valence-corrected chi connectivity index (χ4v) is 5.66. The molecule has 4 heteroatoms. The van der Waals surface area contributed by atoms with Gasteiger partial charge in [0.25, 0.3) is 0 Å².